The predicted molar refractivity (Wildman–Crippen MR) is 62.4 cm³/mol. The molecule has 0 bridgehead atoms. The number of sulfonamides is 1. The van der Waals surface area contributed by atoms with Gasteiger partial charge in [-0.05, 0) is 25.3 Å². The van der Waals surface area contributed by atoms with Crippen molar-refractivity contribution in [1.29, 1.82) is 0 Å². The molecule has 0 spiro atoms. The Morgan fingerprint density at radius 3 is 2.87 bits per heavy atom. The monoisotopic (exact) mass is 295 g/mol. The summed E-state index contributed by atoms with van der Waals surface area (Å²) in [6, 6.07) is 0. The van der Waals surface area contributed by atoms with E-state index in [1.165, 1.54) is 0 Å². The smallest absolute Gasteiger partial charge is 0.221 e. The zero-order valence-corrected chi connectivity index (χ0v) is 10.9. The van der Waals surface area contributed by atoms with Crippen LogP contribution in [0.3, 0.4) is 0 Å². The minimum Gasteiger partial charge on any atom is -0.283 e. The fourth-order valence-corrected chi connectivity index (χ4v) is 2.19. The average Bonchev–Trinajstić information content (AvgIpc) is 2.59. The van der Waals surface area contributed by atoms with Crippen LogP contribution in [0.25, 0.3) is 0 Å². The van der Waals surface area contributed by atoms with Crippen LogP contribution in [-0.2, 0) is 16.4 Å². The van der Waals surface area contributed by atoms with Gasteiger partial charge in [-0.15, -0.1) is 0 Å². The van der Waals surface area contributed by atoms with Crippen molar-refractivity contribution in [3.05, 3.63) is 17.5 Å². The molecular weight excluding hydrogens is 282 g/mol. The first-order chi connectivity index (χ1) is 7.05. The quantitative estimate of drug-likeness (QED) is 0.605. The number of nitrogens with one attached hydrogen (secondary N) is 2. The van der Waals surface area contributed by atoms with E-state index in [1.807, 2.05) is 6.92 Å². The summed E-state index contributed by atoms with van der Waals surface area (Å²) in [5.41, 5.74) is 2.17. The van der Waals surface area contributed by atoms with Gasteiger partial charge in [0.05, 0.1) is 6.20 Å². The van der Waals surface area contributed by atoms with E-state index >= 15 is 0 Å². The van der Waals surface area contributed by atoms with Gasteiger partial charge in [-0.25, -0.2) is 13.1 Å². The van der Waals surface area contributed by atoms with Gasteiger partial charge in [-0.3, -0.25) is 5.10 Å². The Balaban J connectivity index is 2.26. The molecule has 0 saturated heterocycles. The van der Waals surface area contributed by atoms with Crippen molar-refractivity contribution in [3.63, 3.8) is 0 Å². The SMILES string of the molecule is Cc1[nH]ncc1CCCNS(=O)(=O)CBr. The van der Waals surface area contributed by atoms with Gasteiger partial charge in [0, 0.05) is 12.2 Å². The van der Waals surface area contributed by atoms with Gasteiger partial charge >= 0.3 is 0 Å². The molecule has 0 aliphatic rings. The molecule has 2 N–H and O–H groups in total. The second-order valence-electron chi connectivity index (χ2n) is 3.24. The average molecular weight is 296 g/mol. The summed E-state index contributed by atoms with van der Waals surface area (Å²) >= 11 is 2.91. The van der Waals surface area contributed by atoms with Gasteiger partial charge in [-0.2, -0.15) is 5.10 Å². The van der Waals surface area contributed by atoms with Crippen LogP contribution in [0.2, 0.25) is 0 Å². The van der Waals surface area contributed by atoms with Crippen molar-refractivity contribution in [1.82, 2.24) is 14.9 Å². The standard InChI is InChI=1S/C8H14BrN3O2S/c1-7-8(5-10-12-7)3-2-4-11-15(13,14)6-9/h5,11H,2-4,6H2,1H3,(H,10,12). The van der Waals surface area contributed by atoms with Crippen molar-refractivity contribution >= 4 is 26.0 Å². The minimum atomic E-state index is -3.13. The van der Waals surface area contributed by atoms with Crippen LogP contribution >= 0.6 is 15.9 Å². The van der Waals surface area contributed by atoms with E-state index in [0.717, 1.165) is 24.1 Å². The summed E-state index contributed by atoms with van der Waals surface area (Å²) in [6.07, 6.45) is 3.37. The summed E-state index contributed by atoms with van der Waals surface area (Å²) in [5, 5.41) is 6.74. The molecule has 0 saturated carbocycles. The van der Waals surface area contributed by atoms with Crippen LogP contribution in [0.5, 0.6) is 0 Å². The van der Waals surface area contributed by atoms with Crippen LogP contribution in [0.1, 0.15) is 17.7 Å². The Bertz CT molecular complexity index is 402. The van der Waals surface area contributed by atoms with Crippen molar-refractivity contribution < 1.29 is 8.42 Å². The van der Waals surface area contributed by atoms with E-state index in [1.54, 1.807) is 6.20 Å². The minimum absolute atomic E-state index is 0.0509. The molecule has 86 valence electrons. The number of H-pyrrole nitrogens is 1. The topological polar surface area (TPSA) is 74.8 Å². The third-order valence-electron chi connectivity index (χ3n) is 2.02. The van der Waals surface area contributed by atoms with Crippen molar-refractivity contribution in [2.75, 3.05) is 11.2 Å². The molecule has 1 aromatic rings. The van der Waals surface area contributed by atoms with Crippen LogP contribution in [0.4, 0.5) is 0 Å². The third-order valence-corrected chi connectivity index (χ3v) is 4.76. The number of aromatic nitrogens is 2. The maximum atomic E-state index is 11.1. The molecule has 7 heteroatoms. The Morgan fingerprint density at radius 1 is 1.60 bits per heavy atom. The molecule has 0 atom stereocenters. The van der Waals surface area contributed by atoms with Crippen molar-refractivity contribution in [3.8, 4) is 0 Å². The van der Waals surface area contributed by atoms with Gasteiger partial charge in [0.1, 0.15) is 4.66 Å². The molecule has 5 nitrogen and oxygen atoms in total. The molecule has 0 radical (unpaired) electrons. The first-order valence-electron chi connectivity index (χ1n) is 4.57. The number of alkyl halides is 1. The molecule has 1 heterocycles. The third kappa shape index (κ3) is 4.31. The number of halogens is 1. The van der Waals surface area contributed by atoms with Crippen LogP contribution in [-0.4, -0.2) is 29.8 Å². The van der Waals surface area contributed by atoms with Crippen LogP contribution < -0.4 is 4.72 Å². The molecular formula is C8H14BrN3O2S. The molecule has 15 heavy (non-hydrogen) atoms. The largest absolute Gasteiger partial charge is 0.283 e. The number of hydrogen-bond acceptors (Lipinski definition) is 3. The first kappa shape index (κ1) is 12.7. The molecule has 0 aromatic carbocycles. The van der Waals surface area contributed by atoms with Crippen molar-refractivity contribution in [2.24, 2.45) is 0 Å². The summed E-state index contributed by atoms with van der Waals surface area (Å²) in [4.78, 5) is 0. The highest BCUT2D eigenvalue weighted by molar-refractivity contribution is 9.10. The maximum absolute atomic E-state index is 11.1. The first-order valence-corrected chi connectivity index (χ1v) is 7.34. The Morgan fingerprint density at radius 2 is 2.33 bits per heavy atom. The van der Waals surface area contributed by atoms with Gasteiger partial charge in [0.2, 0.25) is 10.0 Å². The zero-order chi connectivity index (χ0) is 11.3. The highest BCUT2D eigenvalue weighted by Crippen LogP contribution is 2.05. The van der Waals surface area contributed by atoms with Crippen LogP contribution in [0, 0.1) is 6.92 Å². The second kappa shape index (κ2) is 5.62. The molecule has 0 aliphatic heterocycles. The zero-order valence-electron chi connectivity index (χ0n) is 8.46. The maximum Gasteiger partial charge on any atom is 0.221 e. The highest BCUT2D eigenvalue weighted by atomic mass is 79.9. The fourth-order valence-electron chi connectivity index (χ4n) is 1.17. The second-order valence-corrected chi connectivity index (χ2v) is 6.35. The Labute approximate surface area is 97.8 Å². The van der Waals surface area contributed by atoms with Gasteiger partial charge < -0.3 is 0 Å². The van der Waals surface area contributed by atoms with Crippen LogP contribution in [0.15, 0.2) is 6.20 Å². The van der Waals surface area contributed by atoms with E-state index in [-0.39, 0.29) is 4.66 Å². The summed E-state index contributed by atoms with van der Waals surface area (Å²) < 4.78 is 24.5. The van der Waals surface area contributed by atoms with E-state index in [0.29, 0.717) is 6.54 Å². The molecule has 0 amide bonds. The number of aromatic amines is 1. The lowest BCUT2D eigenvalue weighted by atomic mass is 10.1. The van der Waals surface area contributed by atoms with Gasteiger partial charge in [0.15, 0.2) is 0 Å². The van der Waals surface area contributed by atoms with Crippen molar-refractivity contribution in [2.45, 2.75) is 19.8 Å². The van der Waals surface area contributed by atoms with E-state index < -0.39 is 10.0 Å². The number of aryl methyl sites for hydroxylation is 2. The van der Waals surface area contributed by atoms with Gasteiger partial charge in [-0.1, -0.05) is 15.9 Å². The lowest BCUT2D eigenvalue weighted by Gasteiger charge is -2.02. The molecule has 0 fully saturated rings. The van der Waals surface area contributed by atoms with Gasteiger partial charge in [0.25, 0.3) is 0 Å². The Kier molecular flexibility index (Phi) is 4.75. The molecule has 0 aliphatic carbocycles. The lowest BCUT2D eigenvalue weighted by molar-refractivity contribution is 0.584. The fraction of sp³-hybridized carbons (Fsp3) is 0.625. The Hall–Kier alpha value is -0.400. The highest BCUT2D eigenvalue weighted by Gasteiger charge is 2.06. The van der Waals surface area contributed by atoms with E-state index in [4.69, 9.17) is 0 Å². The number of rotatable bonds is 6. The normalized spacial score (nSPS) is 11.9. The van der Waals surface area contributed by atoms with E-state index in [9.17, 15) is 8.42 Å². The van der Waals surface area contributed by atoms with E-state index in [2.05, 4.69) is 30.8 Å². The summed E-state index contributed by atoms with van der Waals surface area (Å²) in [7, 11) is -3.13. The molecule has 0 unspecified atom stereocenters. The molecule has 1 rings (SSSR count). The number of nitrogens with zero attached hydrogens (tertiary/aromatic N) is 1. The lowest BCUT2D eigenvalue weighted by Crippen LogP contribution is -2.25. The predicted octanol–water partition coefficient (Wildman–Crippen LogP) is 0.923. The summed E-state index contributed by atoms with van der Waals surface area (Å²) in [5.74, 6) is 0. The molecule has 1 aromatic heterocycles. The number of hydrogen-bond donors (Lipinski definition) is 2. The summed E-state index contributed by atoms with van der Waals surface area (Å²) in [6.45, 7) is 2.41.